The Morgan fingerprint density at radius 1 is 1.57 bits per heavy atom. The van der Waals surface area contributed by atoms with Crippen LogP contribution in [0.2, 0.25) is 0 Å². The summed E-state index contributed by atoms with van der Waals surface area (Å²) >= 11 is 0. The van der Waals surface area contributed by atoms with Crippen LogP contribution in [0.4, 0.5) is 19.0 Å². The largest absolute Gasteiger partial charge is 0.358 e. The first kappa shape index (κ1) is 10.5. The van der Waals surface area contributed by atoms with Crippen LogP contribution in [0.5, 0.6) is 0 Å². The first-order chi connectivity index (χ1) is 6.52. The Balaban J connectivity index is 2.76. The lowest BCUT2D eigenvalue weighted by atomic mass is 10.4. The van der Waals surface area contributed by atoms with Gasteiger partial charge in [0.2, 0.25) is 0 Å². The van der Waals surface area contributed by atoms with Crippen LogP contribution < -0.4 is 0 Å². The van der Waals surface area contributed by atoms with Crippen molar-refractivity contribution in [3.63, 3.8) is 0 Å². The number of rotatable bonds is 4. The zero-order valence-electron chi connectivity index (χ0n) is 6.81. The topological polar surface area (TPSA) is 61.0 Å². The van der Waals surface area contributed by atoms with E-state index in [4.69, 9.17) is 0 Å². The summed E-state index contributed by atoms with van der Waals surface area (Å²) in [5.41, 5.74) is 0. The molecule has 0 aliphatic heterocycles. The normalized spacial score (nSPS) is 13.1. The first-order valence-corrected chi connectivity index (χ1v) is 3.61. The molecule has 0 aliphatic carbocycles. The van der Waals surface area contributed by atoms with Gasteiger partial charge in [0.1, 0.15) is 0 Å². The van der Waals surface area contributed by atoms with E-state index in [0.29, 0.717) is 4.68 Å². The highest BCUT2D eigenvalue weighted by Gasteiger charge is 2.25. The van der Waals surface area contributed by atoms with Crippen LogP contribution in [0.25, 0.3) is 0 Å². The van der Waals surface area contributed by atoms with E-state index in [9.17, 15) is 23.3 Å². The standard InChI is InChI=1S/C6H6F3N3O2/c7-4(6(8)9)3-11-5(12(13)14)1-2-10-11/h1-2,4,6H,3H2. The number of nitro groups is 1. The SMILES string of the molecule is O=[N+]([O-])c1ccnn1CC(F)C(F)F. The highest BCUT2D eigenvalue weighted by atomic mass is 19.3. The van der Waals surface area contributed by atoms with E-state index < -0.39 is 29.9 Å². The summed E-state index contributed by atoms with van der Waals surface area (Å²) < 4.78 is 36.6. The van der Waals surface area contributed by atoms with Gasteiger partial charge in [0.05, 0.1) is 12.3 Å². The van der Waals surface area contributed by atoms with E-state index in [1.165, 1.54) is 0 Å². The summed E-state index contributed by atoms with van der Waals surface area (Å²) in [6.07, 6.45) is -4.57. The molecule has 0 amide bonds. The molecule has 5 nitrogen and oxygen atoms in total. The average Bonchev–Trinajstić information content (AvgIpc) is 2.52. The molecule has 78 valence electrons. The maximum Gasteiger partial charge on any atom is 0.344 e. The molecule has 1 rings (SSSR count). The molecule has 0 bridgehead atoms. The molecule has 0 radical (unpaired) electrons. The molecule has 1 atom stereocenters. The predicted octanol–water partition coefficient (Wildman–Crippen LogP) is 1.39. The average molecular weight is 209 g/mol. The van der Waals surface area contributed by atoms with E-state index in [2.05, 4.69) is 5.10 Å². The number of halogens is 3. The molecule has 1 aromatic heterocycles. The third-order valence-corrected chi connectivity index (χ3v) is 1.50. The Kier molecular flexibility index (Phi) is 3.05. The van der Waals surface area contributed by atoms with E-state index in [1.807, 2.05) is 0 Å². The van der Waals surface area contributed by atoms with Crippen molar-refractivity contribution in [2.75, 3.05) is 0 Å². The second kappa shape index (κ2) is 4.07. The van der Waals surface area contributed by atoms with E-state index >= 15 is 0 Å². The third-order valence-electron chi connectivity index (χ3n) is 1.50. The van der Waals surface area contributed by atoms with E-state index in [-0.39, 0.29) is 0 Å². The number of nitrogens with zero attached hydrogens (tertiary/aromatic N) is 3. The number of alkyl halides is 3. The molecule has 1 heterocycles. The molecule has 0 aromatic carbocycles. The Morgan fingerprint density at radius 2 is 2.21 bits per heavy atom. The first-order valence-electron chi connectivity index (χ1n) is 3.61. The zero-order chi connectivity index (χ0) is 10.7. The van der Waals surface area contributed by atoms with Gasteiger partial charge >= 0.3 is 5.82 Å². The molecule has 0 spiro atoms. The monoisotopic (exact) mass is 209 g/mol. The van der Waals surface area contributed by atoms with Gasteiger partial charge in [-0.25, -0.2) is 13.2 Å². The van der Waals surface area contributed by atoms with Gasteiger partial charge in [0.15, 0.2) is 12.7 Å². The van der Waals surface area contributed by atoms with Gasteiger partial charge in [-0.3, -0.25) is 0 Å². The minimum Gasteiger partial charge on any atom is -0.358 e. The molecule has 14 heavy (non-hydrogen) atoms. The van der Waals surface area contributed by atoms with Gasteiger partial charge in [-0.1, -0.05) is 5.10 Å². The zero-order valence-corrected chi connectivity index (χ0v) is 6.81. The number of hydrogen-bond donors (Lipinski definition) is 0. The van der Waals surface area contributed by atoms with Gasteiger partial charge in [-0.2, -0.15) is 0 Å². The highest BCUT2D eigenvalue weighted by Crippen LogP contribution is 2.14. The van der Waals surface area contributed by atoms with Crippen LogP contribution in [-0.2, 0) is 6.54 Å². The lowest BCUT2D eigenvalue weighted by Crippen LogP contribution is -2.21. The van der Waals surface area contributed by atoms with Crippen LogP contribution in [0.15, 0.2) is 12.3 Å². The maximum atomic E-state index is 12.5. The molecule has 8 heteroatoms. The van der Waals surface area contributed by atoms with Crippen molar-refractivity contribution in [1.29, 1.82) is 0 Å². The number of hydrogen-bond acceptors (Lipinski definition) is 3. The lowest BCUT2D eigenvalue weighted by molar-refractivity contribution is -0.392. The summed E-state index contributed by atoms with van der Waals surface area (Å²) in [5.74, 6) is -0.506. The van der Waals surface area contributed by atoms with E-state index in [1.54, 1.807) is 0 Å². The van der Waals surface area contributed by atoms with Crippen LogP contribution in [0.3, 0.4) is 0 Å². The van der Waals surface area contributed by atoms with Crippen molar-refractivity contribution in [1.82, 2.24) is 9.78 Å². The second-order valence-electron chi connectivity index (χ2n) is 2.48. The Morgan fingerprint density at radius 3 is 2.71 bits per heavy atom. The molecule has 0 saturated carbocycles. The summed E-state index contributed by atoms with van der Waals surface area (Å²) in [6, 6.07) is 1.01. The van der Waals surface area contributed by atoms with Gasteiger partial charge in [0.25, 0.3) is 6.43 Å². The van der Waals surface area contributed by atoms with Crippen molar-refractivity contribution < 1.29 is 18.1 Å². The van der Waals surface area contributed by atoms with Gasteiger partial charge in [-0.15, -0.1) is 4.68 Å². The Labute approximate surface area is 76.3 Å². The van der Waals surface area contributed by atoms with Gasteiger partial charge in [0, 0.05) is 0 Å². The van der Waals surface area contributed by atoms with Crippen LogP contribution in [0, 0.1) is 10.1 Å². The fourth-order valence-electron chi connectivity index (χ4n) is 0.866. The Bertz CT molecular complexity index is 328. The van der Waals surface area contributed by atoms with Crippen molar-refractivity contribution in [3.05, 3.63) is 22.4 Å². The van der Waals surface area contributed by atoms with Crippen LogP contribution in [-0.4, -0.2) is 27.3 Å². The quantitative estimate of drug-likeness (QED) is 0.556. The maximum absolute atomic E-state index is 12.5. The summed E-state index contributed by atoms with van der Waals surface area (Å²) in [4.78, 5) is 9.45. The summed E-state index contributed by atoms with van der Waals surface area (Å²) in [5, 5.41) is 13.6. The number of aromatic nitrogens is 2. The molecule has 0 fully saturated rings. The van der Waals surface area contributed by atoms with Crippen molar-refractivity contribution in [2.45, 2.75) is 19.1 Å². The van der Waals surface area contributed by atoms with E-state index in [0.717, 1.165) is 12.3 Å². The molecule has 0 saturated heterocycles. The highest BCUT2D eigenvalue weighted by molar-refractivity contribution is 5.16. The fraction of sp³-hybridized carbons (Fsp3) is 0.500. The molecule has 0 aliphatic rings. The van der Waals surface area contributed by atoms with Crippen LogP contribution in [0.1, 0.15) is 0 Å². The smallest absolute Gasteiger partial charge is 0.344 e. The van der Waals surface area contributed by atoms with Crippen molar-refractivity contribution in [2.24, 2.45) is 0 Å². The third kappa shape index (κ3) is 2.21. The summed E-state index contributed by atoms with van der Waals surface area (Å²) in [6.45, 7) is -0.818. The van der Waals surface area contributed by atoms with Gasteiger partial charge in [-0.05, 0) is 4.92 Å². The Hall–Kier alpha value is -1.60. The van der Waals surface area contributed by atoms with Crippen LogP contribution >= 0.6 is 0 Å². The molecule has 0 N–H and O–H groups in total. The second-order valence-corrected chi connectivity index (χ2v) is 2.48. The van der Waals surface area contributed by atoms with Gasteiger partial charge < -0.3 is 10.1 Å². The predicted molar refractivity (Wildman–Crippen MR) is 39.8 cm³/mol. The minimum absolute atomic E-state index is 0.506. The fourth-order valence-corrected chi connectivity index (χ4v) is 0.866. The summed E-state index contributed by atoms with van der Waals surface area (Å²) in [7, 11) is 0. The molecule has 1 unspecified atom stereocenters. The molecular weight excluding hydrogens is 203 g/mol. The lowest BCUT2D eigenvalue weighted by Gasteiger charge is -2.03. The van der Waals surface area contributed by atoms with Crippen molar-refractivity contribution in [3.8, 4) is 0 Å². The van der Waals surface area contributed by atoms with Crippen molar-refractivity contribution >= 4 is 5.82 Å². The molecular formula is C6H6F3N3O2. The minimum atomic E-state index is -3.17. The molecule has 1 aromatic rings.